The first-order valence-corrected chi connectivity index (χ1v) is 14.5. The third-order valence-corrected chi connectivity index (χ3v) is 10.2. The summed E-state index contributed by atoms with van der Waals surface area (Å²) < 4.78 is 0. The van der Waals surface area contributed by atoms with Gasteiger partial charge in [-0.1, -0.05) is 70.1 Å². The van der Waals surface area contributed by atoms with Crippen molar-refractivity contribution < 1.29 is 5.11 Å². The van der Waals surface area contributed by atoms with Crippen LogP contribution in [0.25, 0.3) is 0 Å². The van der Waals surface area contributed by atoms with E-state index < -0.39 is 0 Å². The summed E-state index contributed by atoms with van der Waals surface area (Å²) in [7, 11) is 0. The van der Waals surface area contributed by atoms with Crippen LogP contribution in [0.5, 0.6) is 0 Å². The number of fused-ring (bicyclic) bond motifs is 1. The van der Waals surface area contributed by atoms with Crippen molar-refractivity contribution in [3.63, 3.8) is 0 Å². The number of aliphatic hydroxyl groups is 1. The highest BCUT2D eigenvalue weighted by atomic mass is 16.3. The van der Waals surface area contributed by atoms with E-state index in [1.807, 2.05) is 11.1 Å². The van der Waals surface area contributed by atoms with E-state index in [0.717, 1.165) is 48.9 Å². The third kappa shape index (κ3) is 5.85. The number of nitrogens with zero attached hydrogens (tertiary/aromatic N) is 1. The van der Waals surface area contributed by atoms with E-state index in [-0.39, 0.29) is 18.1 Å². The van der Waals surface area contributed by atoms with Crippen LogP contribution in [0.15, 0.2) is 28.8 Å². The van der Waals surface area contributed by atoms with Crippen molar-refractivity contribution in [3.05, 3.63) is 23.8 Å². The highest BCUT2D eigenvalue weighted by molar-refractivity contribution is 5.85. The first-order valence-electron chi connectivity index (χ1n) is 14.5. The Bertz CT molecular complexity index is 733. The van der Waals surface area contributed by atoms with Crippen molar-refractivity contribution >= 4 is 5.71 Å². The van der Waals surface area contributed by atoms with E-state index in [1.165, 1.54) is 82.8 Å². The first kappa shape index (κ1) is 25.2. The fourth-order valence-corrected chi connectivity index (χ4v) is 7.82. The Morgan fingerprint density at radius 2 is 1.91 bits per heavy atom. The predicted octanol–water partition coefficient (Wildman–Crippen LogP) is 8.30. The molecule has 0 aromatic heterocycles. The summed E-state index contributed by atoms with van der Waals surface area (Å²) in [6, 6.07) is -0.0400. The van der Waals surface area contributed by atoms with Crippen LogP contribution in [-0.4, -0.2) is 23.5 Å². The summed E-state index contributed by atoms with van der Waals surface area (Å²) >= 11 is 0. The SMILES string of the molecule is C=CC(C)(CCC(CC)C1=C(C2CCCC3CCCCC32)C1)C(CO)N=C1CCCC(C)C1. The van der Waals surface area contributed by atoms with Gasteiger partial charge < -0.3 is 5.11 Å². The Balaban J connectivity index is 1.41. The van der Waals surface area contributed by atoms with E-state index >= 15 is 0 Å². The molecule has 0 aromatic carbocycles. The number of hydrogen-bond acceptors (Lipinski definition) is 2. The molecule has 3 fully saturated rings. The van der Waals surface area contributed by atoms with Gasteiger partial charge in [-0.25, -0.2) is 0 Å². The lowest BCUT2D eigenvalue weighted by Gasteiger charge is -2.41. The fourth-order valence-electron chi connectivity index (χ4n) is 7.82. The molecule has 0 amide bonds. The van der Waals surface area contributed by atoms with Crippen molar-refractivity contribution in [2.75, 3.05) is 6.61 Å². The zero-order chi connectivity index (χ0) is 23.4. The minimum absolute atomic E-state index is 0.0400. The lowest BCUT2D eigenvalue weighted by molar-refractivity contribution is 0.125. The maximum Gasteiger partial charge on any atom is 0.0817 e. The average Bonchev–Trinajstić information content (AvgIpc) is 3.63. The van der Waals surface area contributed by atoms with E-state index in [4.69, 9.17) is 4.99 Å². The van der Waals surface area contributed by atoms with Crippen molar-refractivity contribution in [3.8, 4) is 0 Å². The number of rotatable bonds is 10. The van der Waals surface area contributed by atoms with Gasteiger partial charge >= 0.3 is 0 Å². The minimum atomic E-state index is -0.120. The van der Waals surface area contributed by atoms with Crippen LogP contribution in [0.2, 0.25) is 0 Å². The number of aliphatic hydroxyl groups excluding tert-OH is 1. The van der Waals surface area contributed by atoms with Crippen molar-refractivity contribution in [1.29, 1.82) is 0 Å². The molecule has 2 nitrogen and oxygen atoms in total. The molecule has 3 saturated carbocycles. The summed E-state index contributed by atoms with van der Waals surface area (Å²) in [5, 5.41) is 10.3. The molecule has 0 heterocycles. The Kier molecular flexibility index (Phi) is 8.58. The molecule has 4 rings (SSSR count). The van der Waals surface area contributed by atoms with E-state index in [0.29, 0.717) is 0 Å². The molecule has 0 aliphatic heterocycles. The summed E-state index contributed by atoms with van der Waals surface area (Å²) in [5.41, 5.74) is 4.92. The molecule has 0 saturated heterocycles. The highest BCUT2D eigenvalue weighted by Gasteiger charge is 2.42. The van der Waals surface area contributed by atoms with Gasteiger partial charge in [0.2, 0.25) is 0 Å². The second-order valence-electron chi connectivity index (χ2n) is 12.4. The Morgan fingerprint density at radius 1 is 1.12 bits per heavy atom. The summed E-state index contributed by atoms with van der Waals surface area (Å²) in [4.78, 5) is 5.13. The average molecular weight is 454 g/mol. The van der Waals surface area contributed by atoms with Gasteiger partial charge in [0.05, 0.1) is 12.6 Å². The zero-order valence-electron chi connectivity index (χ0n) is 22.0. The Morgan fingerprint density at radius 3 is 2.64 bits per heavy atom. The topological polar surface area (TPSA) is 32.6 Å². The lowest BCUT2D eigenvalue weighted by atomic mass is 9.64. The molecule has 0 radical (unpaired) electrons. The molecule has 4 aliphatic rings. The van der Waals surface area contributed by atoms with Crippen LogP contribution in [0.1, 0.15) is 117 Å². The molecule has 2 heteroatoms. The molecular weight excluding hydrogens is 402 g/mol. The molecule has 7 unspecified atom stereocenters. The molecule has 0 aromatic rings. The van der Waals surface area contributed by atoms with Crippen LogP contribution in [0.3, 0.4) is 0 Å². The van der Waals surface area contributed by atoms with E-state index in [9.17, 15) is 5.11 Å². The smallest absolute Gasteiger partial charge is 0.0817 e. The van der Waals surface area contributed by atoms with E-state index in [1.54, 1.807) is 0 Å². The predicted molar refractivity (Wildman–Crippen MR) is 142 cm³/mol. The Labute approximate surface area is 204 Å². The van der Waals surface area contributed by atoms with Crippen molar-refractivity contribution in [1.82, 2.24) is 0 Å². The number of hydrogen-bond donors (Lipinski definition) is 1. The number of aliphatic imine (C=N–C) groups is 1. The largest absolute Gasteiger partial charge is 0.394 e. The molecule has 186 valence electrons. The molecular formula is C31H51NO. The van der Waals surface area contributed by atoms with Crippen molar-refractivity contribution in [2.45, 2.75) is 123 Å². The summed E-state index contributed by atoms with van der Waals surface area (Å²) in [6.45, 7) is 11.4. The Hall–Kier alpha value is -0.890. The first-order chi connectivity index (χ1) is 16.0. The monoisotopic (exact) mass is 453 g/mol. The second-order valence-corrected chi connectivity index (χ2v) is 12.4. The van der Waals surface area contributed by atoms with Gasteiger partial charge in [0.1, 0.15) is 0 Å². The molecule has 0 bridgehead atoms. The van der Waals surface area contributed by atoms with Crippen LogP contribution in [-0.2, 0) is 0 Å². The molecule has 33 heavy (non-hydrogen) atoms. The molecule has 1 N–H and O–H groups in total. The van der Waals surface area contributed by atoms with Gasteiger partial charge in [-0.2, -0.15) is 0 Å². The quantitative estimate of drug-likeness (QED) is 0.331. The number of allylic oxidation sites excluding steroid dienone is 2. The van der Waals surface area contributed by atoms with Crippen LogP contribution in [0.4, 0.5) is 0 Å². The van der Waals surface area contributed by atoms with Gasteiger partial charge in [-0.05, 0) is 93.8 Å². The standard InChI is InChI=1S/C31H51NO/c1-5-23(28-20-29(28)27-16-10-13-24-12-7-8-15-26(24)27)17-18-31(4,6-2)30(21-33)32-25-14-9-11-22(3)19-25/h6,22-24,26-27,30,33H,2,5,7-21H2,1,3-4H3. The normalized spacial score (nSPS) is 35.0. The van der Waals surface area contributed by atoms with Gasteiger partial charge in [-0.15, -0.1) is 6.58 Å². The lowest BCUT2D eigenvalue weighted by Crippen LogP contribution is -2.34. The zero-order valence-corrected chi connectivity index (χ0v) is 22.0. The molecule has 7 atom stereocenters. The van der Waals surface area contributed by atoms with Crippen LogP contribution >= 0.6 is 0 Å². The molecule has 0 spiro atoms. The van der Waals surface area contributed by atoms with Gasteiger partial charge in [0, 0.05) is 11.1 Å². The fraction of sp³-hybridized carbons (Fsp3) is 0.839. The summed E-state index contributed by atoms with van der Waals surface area (Å²) in [5.74, 6) is 4.42. The maximum absolute atomic E-state index is 10.3. The maximum atomic E-state index is 10.3. The minimum Gasteiger partial charge on any atom is -0.394 e. The van der Waals surface area contributed by atoms with Crippen LogP contribution < -0.4 is 0 Å². The highest BCUT2D eigenvalue weighted by Crippen LogP contribution is 2.55. The van der Waals surface area contributed by atoms with E-state index in [2.05, 4.69) is 33.4 Å². The van der Waals surface area contributed by atoms with Gasteiger partial charge in [-0.3, -0.25) is 4.99 Å². The second kappa shape index (κ2) is 11.2. The molecule has 4 aliphatic carbocycles. The third-order valence-electron chi connectivity index (χ3n) is 10.2. The summed E-state index contributed by atoms with van der Waals surface area (Å²) in [6.07, 6.45) is 22.2. The van der Waals surface area contributed by atoms with Gasteiger partial charge in [0.15, 0.2) is 0 Å². The van der Waals surface area contributed by atoms with Crippen molar-refractivity contribution in [2.24, 2.45) is 40.0 Å². The van der Waals surface area contributed by atoms with Crippen LogP contribution in [0, 0.1) is 35.0 Å². The van der Waals surface area contributed by atoms with Gasteiger partial charge in [0.25, 0.3) is 0 Å².